The minimum atomic E-state index is -0.583. The summed E-state index contributed by atoms with van der Waals surface area (Å²) >= 11 is 3.25. The molecule has 1 aromatic carbocycles. The topological polar surface area (TPSA) is 69.4 Å². The number of methoxy groups -OCH3 is 1. The van der Waals surface area contributed by atoms with Crippen LogP contribution in [0.1, 0.15) is 26.3 Å². The summed E-state index contributed by atoms with van der Waals surface area (Å²) in [4.78, 5) is 22.3. The molecule has 0 heterocycles. The second-order valence-corrected chi connectivity index (χ2v) is 3.84. The third-order valence-corrected chi connectivity index (χ3v) is 2.86. The molecule has 0 aliphatic rings. The maximum absolute atomic E-state index is 11.4. The van der Waals surface area contributed by atoms with Crippen molar-refractivity contribution in [3.05, 3.63) is 33.3 Å². The van der Waals surface area contributed by atoms with Crippen LogP contribution in [0, 0.1) is 6.92 Å². The summed E-state index contributed by atoms with van der Waals surface area (Å²) in [6.45, 7) is 1.75. The van der Waals surface area contributed by atoms with E-state index in [1.807, 2.05) is 0 Å². The van der Waals surface area contributed by atoms with Crippen molar-refractivity contribution >= 4 is 27.8 Å². The van der Waals surface area contributed by atoms with Crippen LogP contribution in [0.3, 0.4) is 0 Å². The van der Waals surface area contributed by atoms with Crippen LogP contribution in [0.25, 0.3) is 0 Å². The number of carbonyl (C=O) groups is 2. The van der Waals surface area contributed by atoms with Crippen LogP contribution in [0.15, 0.2) is 16.6 Å². The fourth-order valence-corrected chi connectivity index (χ4v) is 1.60. The third kappa shape index (κ3) is 2.36. The second kappa shape index (κ2) is 4.44. The van der Waals surface area contributed by atoms with Gasteiger partial charge >= 0.3 is 5.97 Å². The number of benzene rings is 1. The Balaban J connectivity index is 3.37. The first-order valence-electron chi connectivity index (χ1n) is 4.15. The highest BCUT2D eigenvalue weighted by molar-refractivity contribution is 9.10. The normalized spacial score (nSPS) is 9.80. The molecule has 0 aliphatic carbocycles. The van der Waals surface area contributed by atoms with Gasteiger partial charge < -0.3 is 10.5 Å². The molecule has 2 N–H and O–H groups in total. The number of halogens is 1. The molecular formula is C10H10BrNO3. The number of rotatable bonds is 2. The van der Waals surface area contributed by atoms with Crippen LogP contribution >= 0.6 is 15.9 Å². The molecule has 5 heteroatoms. The minimum absolute atomic E-state index is 0.271. The van der Waals surface area contributed by atoms with E-state index < -0.39 is 11.9 Å². The van der Waals surface area contributed by atoms with E-state index in [0.717, 1.165) is 0 Å². The lowest BCUT2D eigenvalue weighted by Gasteiger charge is -2.07. The van der Waals surface area contributed by atoms with Gasteiger partial charge in [0, 0.05) is 10.0 Å². The first kappa shape index (κ1) is 11.7. The summed E-state index contributed by atoms with van der Waals surface area (Å²) in [5, 5.41) is 0. The van der Waals surface area contributed by atoms with E-state index in [1.165, 1.54) is 13.2 Å². The molecule has 1 amide bonds. The highest BCUT2D eigenvalue weighted by atomic mass is 79.9. The van der Waals surface area contributed by atoms with Crippen LogP contribution in [0.4, 0.5) is 0 Å². The van der Waals surface area contributed by atoms with E-state index in [0.29, 0.717) is 15.6 Å². The summed E-state index contributed by atoms with van der Waals surface area (Å²) in [5.41, 5.74) is 6.45. The fourth-order valence-electron chi connectivity index (χ4n) is 1.14. The van der Waals surface area contributed by atoms with Gasteiger partial charge in [-0.1, -0.05) is 15.9 Å². The zero-order chi connectivity index (χ0) is 11.6. The van der Waals surface area contributed by atoms with Crippen molar-refractivity contribution in [3.63, 3.8) is 0 Å². The van der Waals surface area contributed by atoms with Gasteiger partial charge in [0.1, 0.15) is 0 Å². The van der Waals surface area contributed by atoms with E-state index in [2.05, 4.69) is 20.7 Å². The zero-order valence-corrected chi connectivity index (χ0v) is 9.92. The van der Waals surface area contributed by atoms with Crippen LogP contribution in [-0.2, 0) is 4.74 Å². The molecule has 0 bridgehead atoms. The summed E-state index contributed by atoms with van der Waals surface area (Å²) in [6.07, 6.45) is 0. The quantitative estimate of drug-likeness (QED) is 0.832. The lowest BCUT2D eigenvalue weighted by molar-refractivity contribution is 0.0600. The number of carbonyl (C=O) groups excluding carboxylic acids is 2. The predicted octanol–water partition coefficient (Wildman–Crippen LogP) is 1.64. The standard InChI is InChI=1S/C10H10BrNO3/c1-5-7(10(14)15-2)3-6(9(12)13)4-8(5)11/h3-4H,1-2H3,(H2,12,13). The van der Waals surface area contributed by atoms with Gasteiger partial charge in [-0.25, -0.2) is 4.79 Å². The molecule has 4 nitrogen and oxygen atoms in total. The largest absolute Gasteiger partial charge is 0.465 e. The number of nitrogens with two attached hydrogens (primary N) is 1. The van der Waals surface area contributed by atoms with Crippen LogP contribution in [-0.4, -0.2) is 19.0 Å². The van der Waals surface area contributed by atoms with Crippen LogP contribution in [0.2, 0.25) is 0 Å². The molecule has 0 unspecified atom stereocenters. The lowest BCUT2D eigenvalue weighted by atomic mass is 10.0. The molecule has 0 atom stereocenters. The molecule has 0 saturated heterocycles. The van der Waals surface area contributed by atoms with Gasteiger partial charge in [-0.05, 0) is 24.6 Å². The van der Waals surface area contributed by atoms with Crippen molar-refractivity contribution in [2.75, 3.05) is 7.11 Å². The molecule has 0 saturated carbocycles. The van der Waals surface area contributed by atoms with E-state index in [-0.39, 0.29) is 5.56 Å². The molecule has 1 rings (SSSR count). The van der Waals surface area contributed by atoms with Gasteiger partial charge in [-0.2, -0.15) is 0 Å². The second-order valence-electron chi connectivity index (χ2n) is 2.99. The van der Waals surface area contributed by atoms with E-state index in [9.17, 15) is 9.59 Å². The molecule has 15 heavy (non-hydrogen) atoms. The van der Waals surface area contributed by atoms with Crippen molar-refractivity contribution in [2.24, 2.45) is 5.73 Å². The predicted molar refractivity (Wildman–Crippen MR) is 58.7 cm³/mol. The zero-order valence-electron chi connectivity index (χ0n) is 8.33. The summed E-state index contributed by atoms with van der Waals surface area (Å²) < 4.78 is 5.25. The van der Waals surface area contributed by atoms with Crippen LogP contribution in [0.5, 0.6) is 0 Å². The Morgan fingerprint density at radius 2 is 2.00 bits per heavy atom. The van der Waals surface area contributed by atoms with Gasteiger partial charge in [0.15, 0.2) is 0 Å². The fraction of sp³-hybridized carbons (Fsp3) is 0.200. The number of primary amides is 1. The Morgan fingerprint density at radius 3 is 2.47 bits per heavy atom. The first-order chi connectivity index (χ1) is 6.97. The first-order valence-corrected chi connectivity index (χ1v) is 4.95. The van der Waals surface area contributed by atoms with Crippen molar-refractivity contribution < 1.29 is 14.3 Å². The maximum Gasteiger partial charge on any atom is 0.338 e. The van der Waals surface area contributed by atoms with Gasteiger partial charge in [0.25, 0.3) is 0 Å². The van der Waals surface area contributed by atoms with E-state index in [1.54, 1.807) is 13.0 Å². The summed E-state index contributed by atoms with van der Waals surface area (Å²) in [5.74, 6) is -1.07. The number of amides is 1. The molecular weight excluding hydrogens is 262 g/mol. The van der Waals surface area contributed by atoms with E-state index >= 15 is 0 Å². The van der Waals surface area contributed by atoms with E-state index in [4.69, 9.17) is 5.73 Å². The molecule has 0 aromatic heterocycles. The van der Waals surface area contributed by atoms with Crippen molar-refractivity contribution in [1.29, 1.82) is 0 Å². The Kier molecular flexibility index (Phi) is 3.47. The number of esters is 1. The Labute approximate surface area is 95.5 Å². The summed E-state index contributed by atoms with van der Waals surface area (Å²) in [7, 11) is 1.28. The maximum atomic E-state index is 11.4. The Bertz CT molecular complexity index is 429. The van der Waals surface area contributed by atoms with Crippen molar-refractivity contribution in [2.45, 2.75) is 6.92 Å². The van der Waals surface area contributed by atoms with Crippen LogP contribution < -0.4 is 5.73 Å². The Hall–Kier alpha value is -1.36. The number of hydrogen-bond acceptors (Lipinski definition) is 3. The minimum Gasteiger partial charge on any atom is -0.465 e. The van der Waals surface area contributed by atoms with Gasteiger partial charge in [0.2, 0.25) is 5.91 Å². The molecule has 0 aliphatic heterocycles. The van der Waals surface area contributed by atoms with Gasteiger partial charge in [-0.3, -0.25) is 4.79 Å². The van der Waals surface area contributed by atoms with Crippen molar-refractivity contribution in [3.8, 4) is 0 Å². The monoisotopic (exact) mass is 271 g/mol. The molecule has 0 fully saturated rings. The Morgan fingerprint density at radius 1 is 1.40 bits per heavy atom. The average Bonchev–Trinajstić information content (AvgIpc) is 2.20. The average molecular weight is 272 g/mol. The number of hydrogen-bond donors (Lipinski definition) is 1. The smallest absolute Gasteiger partial charge is 0.338 e. The van der Waals surface area contributed by atoms with Crippen molar-refractivity contribution in [1.82, 2.24) is 0 Å². The highest BCUT2D eigenvalue weighted by Crippen LogP contribution is 2.22. The SMILES string of the molecule is COC(=O)c1cc(C(N)=O)cc(Br)c1C. The molecule has 80 valence electrons. The summed E-state index contributed by atoms with van der Waals surface area (Å²) in [6, 6.07) is 3.00. The molecule has 0 spiro atoms. The highest BCUT2D eigenvalue weighted by Gasteiger charge is 2.14. The lowest BCUT2D eigenvalue weighted by Crippen LogP contribution is -2.13. The van der Waals surface area contributed by atoms with Gasteiger partial charge in [0.05, 0.1) is 12.7 Å². The van der Waals surface area contributed by atoms with Gasteiger partial charge in [-0.15, -0.1) is 0 Å². The molecule has 0 radical (unpaired) electrons. The number of ether oxygens (including phenoxy) is 1. The third-order valence-electron chi connectivity index (χ3n) is 2.03. The molecule has 1 aromatic rings.